The molecule has 2 heterocycles. The Morgan fingerprint density at radius 3 is 2.80 bits per heavy atom. The lowest BCUT2D eigenvalue weighted by Crippen LogP contribution is -2.40. The lowest BCUT2D eigenvalue weighted by molar-refractivity contribution is -0.123. The van der Waals surface area contributed by atoms with Crippen LogP contribution in [0, 0.1) is 0 Å². The van der Waals surface area contributed by atoms with Gasteiger partial charge in [0.05, 0.1) is 25.3 Å². The summed E-state index contributed by atoms with van der Waals surface area (Å²) in [5, 5.41) is 5.05. The monoisotopic (exact) mass is 287 g/mol. The molecule has 0 aromatic carbocycles. The highest BCUT2D eigenvalue weighted by Gasteiger charge is 2.42. The summed E-state index contributed by atoms with van der Waals surface area (Å²) in [6.45, 7) is 5.60. The van der Waals surface area contributed by atoms with Crippen LogP contribution >= 0.6 is 0 Å². The molecule has 2 N–H and O–H groups in total. The summed E-state index contributed by atoms with van der Waals surface area (Å²) in [6, 6.07) is -0.859. The number of halogens is 2. The number of carbonyl (C=O) groups is 1. The molecule has 1 aromatic heterocycles. The molecule has 20 heavy (non-hydrogen) atoms. The Balaban J connectivity index is 1.86. The van der Waals surface area contributed by atoms with Crippen LogP contribution in [0.5, 0.6) is 0 Å². The van der Waals surface area contributed by atoms with E-state index in [1.165, 1.54) is 0 Å². The van der Waals surface area contributed by atoms with E-state index in [0.717, 1.165) is 0 Å². The third-order valence-electron chi connectivity index (χ3n) is 3.13. The Hall–Kier alpha value is -1.50. The first kappa shape index (κ1) is 14.9. The standard InChI is InChI=1S/C13H19F2N3O2/c1-12(2,3)9-5-16-10(20-9)6-17-11(19)8-4-13(14,15)7-18-8/h5,8,18H,4,6-7H2,1-3H3,(H,17,19). The van der Waals surface area contributed by atoms with Crippen molar-refractivity contribution < 1.29 is 18.0 Å². The zero-order valence-electron chi connectivity index (χ0n) is 11.8. The minimum absolute atomic E-state index is 0.0959. The van der Waals surface area contributed by atoms with Crippen molar-refractivity contribution in [3.8, 4) is 0 Å². The van der Waals surface area contributed by atoms with Crippen molar-refractivity contribution in [2.45, 2.75) is 51.1 Å². The number of hydrogen-bond acceptors (Lipinski definition) is 4. The van der Waals surface area contributed by atoms with Crippen LogP contribution in [0.15, 0.2) is 10.6 Å². The maximum Gasteiger partial charge on any atom is 0.262 e. The third kappa shape index (κ3) is 3.53. The second-order valence-electron chi connectivity index (χ2n) is 6.08. The van der Waals surface area contributed by atoms with Gasteiger partial charge in [0.15, 0.2) is 0 Å². The normalized spacial score (nSPS) is 21.9. The van der Waals surface area contributed by atoms with Gasteiger partial charge < -0.3 is 9.73 Å². The molecule has 112 valence electrons. The zero-order chi connectivity index (χ0) is 15.0. The van der Waals surface area contributed by atoms with E-state index in [-0.39, 0.29) is 12.0 Å². The molecule has 2 rings (SSSR count). The highest BCUT2D eigenvalue weighted by molar-refractivity contribution is 5.82. The van der Waals surface area contributed by atoms with Gasteiger partial charge in [0.1, 0.15) is 5.76 Å². The number of nitrogens with zero attached hydrogens (tertiary/aromatic N) is 1. The summed E-state index contributed by atoms with van der Waals surface area (Å²) in [4.78, 5) is 15.8. The molecule has 7 heteroatoms. The fourth-order valence-electron chi connectivity index (χ4n) is 1.93. The first-order valence-electron chi connectivity index (χ1n) is 6.51. The van der Waals surface area contributed by atoms with E-state index in [9.17, 15) is 13.6 Å². The van der Waals surface area contributed by atoms with Gasteiger partial charge in [-0.05, 0) is 0 Å². The third-order valence-corrected chi connectivity index (χ3v) is 3.13. The van der Waals surface area contributed by atoms with Gasteiger partial charge >= 0.3 is 0 Å². The smallest absolute Gasteiger partial charge is 0.262 e. The number of amides is 1. The predicted molar refractivity (Wildman–Crippen MR) is 68.4 cm³/mol. The van der Waals surface area contributed by atoms with Crippen LogP contribution in [0.3, 0.4) is 0 Å². The predicted octanol–water partition coefficient (Wildman–Crippen LogP) is 1.59. The highest BCUT2D eigenvalue weighted by atomic mass is 19.3. The van der Waals surface area contributed by atoms with Crippen LogP contribution in [0.4, 0.5) is 8.78 Å². The summed E-state index contributed by atoms with van der Waals surface area (Å²) in [5.74, 6) is -2.19. The van der Waals surface area contributed by atoms with Gasteiger partial charge in [-0.15, -0.1) is 0 Å². The highest BCUT2D eigenvalue weighted by Crippen LogP contribution is 2.25. The Morgan fingerprint density at radius 1 is 1.60 bits per heavy atom. The Kier molecular flexibility index (Phi) is 3.82. The van der Waals surface area contributed by atoms with Crippen molar-refractivity contribution in [1.82, 2.24) is 15.6 Å². The van der Waals surface area contributed by atoms with E-state index >= 15 is 0 Å². The molecule has 1 unspecified atom stereocenters. The van der Waals surface area contributed by atoms with Gasteiger partial charge in [0, 0.05) is 11.8 Å². The fraction of sp³-hybridized carbons (Fsp3) is 0.692. The molecule has 0 spiro atoms. The molecule has 0 aliphatic carbocycles. The number of rotatable bonds is 3. The summed E-state index contributed by atoms with van der Waals surface area (Å²) < 4.78 is 31.5. The number of alkyl halides is 2. The number of aromatic nitrogens is 1. The molecule has 1 atom stereocenters. The van der Waals surface area contributed by atoms with Crippen LogP contribution in [0.2, 0.25) is 0 Å². The molecule has 0 saturated carbocycles. The zero-order valence-corrected chi connectivity index (χ0v) is 11.8. The van der Waals surface area contributed by atoms with Crippen molar-refractivity contribution in [1.29, 1.82) is 0 Å². The summed E-state index contributed by atoms with van der Waals surface area (Å²) >= 11 is 0. The number of nitrogens with one attached hydrogen (secondary N) is 2. The molecule has 5 nitrogen and oxygen atoms in total. The largest absolute Gasteiger partial charge is 0.443 e. The first-order valence-corrected chi connectivity index (χ1v) is 6.51. The molecule has 1 fully saturated rings. The van der Waals surface area contributed by atoms with Gasteiger partial charge in [-0.1, -0.05) is 20.8 Å². The number of oxazole rings is 1. The topological polar surface area (TPSA) is 67.2 Å². The lowest BCUT2D eigenvalue weighted by Gasteiger charge is -2.13. The minimum atomic E-state index is -2.82. The molecule has 0 radical (unpaired) electrons. The number of carbonyl (C=O) groups excluding carboxylic acids is 1. The van der Waals surface area contributed by atoms with E-state index in [4.69, 9.17) is 4.42 Å². The molecule has 1 aliphatic rings. The van der Waals surface area contributed by atoms with E-state index in [1.807, 2.05) is 20.8 Å². The van der Waals surface area contributed by atoms with E-state index < -0.39 is 30.8 Å². The van der Waals surface area contributed by atoms with E-state index in [0.29, 0.717) is 11.7 Å². The second kappa shape index (κ2) is 5.12. The van der Waals surface area contributed by atoms with Crippen molar-refractivity contribution in [2.75, 3.05) is 6.54 Å². The molecular weight excluding hydrogens is 268 g/mol. The molecule has 1 saturated heterocycles. The van der Waals surface area contributed by atoms with Gasteiger partial charge in [-0.3, -0.25) is 10.1 Å². The SMILES string of the molecule is CC(C)(C)c1cnc(CNC(=O)C2CC(F)(F)CN2)o1. The number of hydrogen-bond donors (Lipinski definition) is 2. The maximum atomic E-state index is 13.0. The van der Waals surface area contributed by atoms with Gasteiger partial charge in [-0.2, -0.15) is 0 Å². The van der Waals surface area contributed by atoms with Crippen LogP contribution in [0.25, 0.3) is 0 Å². The molecular formula is C13H19F2N3O2. The second-order valence-corrected chi connectivity index (χ2v) is 6.08. The summed E-state index contributed by atoms with van der Waals surface area (Å²) in [5.41, 5.74) is -0.162. The van der Waals surface area contributed by atoms with Gasteiger partial charge in [0.2, 0.25) is 11.8 Å². The van der Waals surface area contributed by atoms with E-state index in [1.54, 1.807) is 6.20 Å². The van der Waals surface area contributed by atoms with Crippen molar-refractivity contribution in [3.63, 3.8) is 0 Å². The Labute approximate surface area is 116 Å². The molecule has 0 bridgehead atoms. The fourth-order valence-corrected chi connectivity index (χ4v) is 1.93. The quantitative estimate of drug-likeness (QED) is 0.886. The van der Waals surface area contributed by atoms with Gasteiger partial charge in [0.25, 0.3) is 5.92 Å². The maximum absolute atomic E-state index is 13.0. The molecule has 1 aliphatic heterocycles. The van der Waals surface area contributed by atoms with Crippen molar-refractivity contribution in [3.05, 3.63) is 17.8 Å². The Bertz CT molecular complexity index is 494. The summed E-state index contributed by atoms with van der Waals surface area (Å²) in [7, 11) is 0. The average Bonchev–Trinajstić information content (AvgIpc) is 2.91. The van der Waals surface area contributed by atoms with Crippen molar-refractivity contribution in [2.24, 2.45) is 0 Å². The van der Waals surface area contributed by atoms with Crippen LogP contribution in [-0.4, -0.2) is 29.4 Å². The van der Waals surface area contributed by atoms with Crippen LogP contribution in [-0.2, 0) is 16.8 Å². The molecule has 1 aromatic rings. The average molecular weight is 287 g/mol. The van der Waals surface area contributed by atoms with Gasteiger partial charge in [-0.25, -0.2) is 13.8 Å². The lowest BCUT2D eigenvalue weighted by atomic mass is 9.94. The molecule has 1 amide bonds. The Morgan fingerprint density at radius 2 is 2.30 bits per heavy atom. The van der Waals surface area contributed by atoms with Crippen molar-refractivity contribution >= 4 is 5.91 Å². The summed E-state index contributed by atoms with van der Waals surface area (Å²) in [6.07, 6.45) is 1.14. The van der Waals surface area contributed by atoms with Crippen LogP contribution in [0.1, 0.15) is 38.8 Å². The van der Waals surface area contributed by atoms with E-state index in [2.05, 4.69) is 15.6 Å². The van der Waals surface area contributed by atoms with Crippen LogP contribution < -0.4 is 10.6 Å². The first-order chi connectivity index (χ1) is 9.17. The minimum Gasteiger partial charge on any atom is -0.443 e.